The van der Waals surface area contributed by atoms with Crippen LogP contribution in [0.3, 0.4) is 0 Å². The molecule has 0 atom stereocenters. The Hall–Kier alpha value is -2.78. The Bertz CT molecular complexity index is 965. The van der Waals surface area contributed by atoms with E-state index in [2.05, 4.69) is 30.8 Å². The number of hydrogen-bond acceptors (Lipinski definition) is 5. The maximum atomic E-state index is 8.97. The fraction of sp³-hybridized carbons (Fsp3) is 0.278. The lowest BCUT2D eigenvalue weighted by atomic mass is 10.2. The van der Waals surface area contributed by atoms with E-state index in [0.29, 0.717) is 10.6 Å². The first-order valence-corrected chi connectivity index (χ1v) is 8.55. The smallest absolute Gasteiger partial charge is 0.143 e. The van der Waals surface area contributed by atoms with Gasteiger partial charge in [0, 0.05) is 32.4 Å². The molecule has 3 aromatic rings. The quantitative estimate of drug-likeness (QED) is 0.767. The maximum Gasteiger partial charge on any atom is 0.143 e. The molecule has 1 aliphatic heterocycles. The van der Waals surface area contributed by atoms with Crippen molar-refractivity contribution in [2.45, 2.75) is 6.92 Å². The van der Waals surface area contributed by atoms with Gasteiger partial charge in [0.05, 0.1) is 27.7 Å². The number of nitrogens with zero attached hydrogens (tertiary/aromatic N) is 5. The van der Waals surface area contributed by atoms with E-state index in [9.17, 15) is 0 Å². The number of anilines is 2. The molecule has 0 amide bonds. The zero-order valence-corrected chi connectivity index (χ0v) is 14.6. The molecule has 0 saturated carbocycles. The molecule has 3 heterocycles. The van der Waals surface area contributed by atoms with Gasteiger partial charge in [-0.2, -0.15) is 5.26 Å². The molecule has 126 valence electrons. The highest BCUT2D eigenvalue weighted by atomic mass is 35.5. The van der Waals surface area contributed by atoms with Gasteiger partial charge in [-0.05, 0) is 31.2 Å². The summed E-state index contributed by atoms with van der Waals surface area (Å²) in [5.74, 6) is 1.75. The number of halogens is 1. The van der Waals surface area contributed by atoms with E-state index in [1.165, 1.54) is 0 Å². The molecule has 1 fully saturated rings. The van der Waals surface area contributed by atoms with E-state index < -0.39 is 0 Å². The van der Waals surface area contributed by atoms with Crippen LogP contribution in [0.5, 0.6) is 0 Å². The average molecular weight is 353 g/mol. The Morgan fingerprint density at radius 3 is 2.60 bits per heavy atom. The number of benzene rings is 1. The second-order valence-electron chi connectivity index (χ2n) is 6.09. The first kappa shape index (κ1) is 15.7. The maximum absolute atomic E-state index is 8.97. The highest BCUT2D eigenvalue weighted by Gasteiger charge is 2.22. The summed E-state index contributed by atoms with van der Waals surface area (Å²) in [6.45, 7) is 5.32. The molecule has 1 saturated heterocycles. The molecule has 6 nitrogen and oxygen atoms in total. The van der Waals surface area contributed by atoms with Crippen LogP contribution in [0.15, 0.2) is 30.5 Å². The number of rotatable bonds is 2. The van der Waals surface area contributed by atoms with E-state index >= 15 is 0 Å². The molecule has 0 bridgehead atoms. The second-order valence-corrected chi connectivity index (χ2v) is 6.49. The van der Waals surface area contributed by atoms with Gasteiger partial charge in [0.1, 0.15) is 17.3 Å². The number of nitrogens with one attached hydrogen (secondary N) is 1. The Balaban J connectivity index is 1.55. The first-order chi connectivity index (χ1) is 12.2. The molecule has 2 aromatic heterocycles. The third-order valence-corrected chi connectivity index (χ3v) is 4.81. The van der Waals surface area contributed by atoms with Crippen LogP contribution in [0, 0.1) is 18.3 Å². The second kappa shape index (κ2) is 6.26. The van der Waals surface area contributed by atoms with E-state index in [4.69, 9.17) is 16.9 Å². The van der Waals surface area contributed by atoms with Gasteiger partial charge in [0.15, 0.2) is 0 Å². The first-order valence-electron chi connectivity index (χ1n) is 8.17. The zero-order valence-electron chi connectivity index (χ0n) is 13.8. The monoisotopic (exact) mass is 352 g/mol. The van der Waals surface area contributed by atoms with Crippen molar-refractivity contribution in [2.75, 3.05) is 36.0 Å². The summed E-state index contributed by atoms with van der Waals surface area (Å²) in [4.78, 5) is 16.8. The van der Waals surface area contributed by atoms with Crippen LogP contribution in [0.2, 0.25) is 5.02 Å². The van der Waals surface area contributed by atoms with Crippen molar-refractivity contribution < 1.29 is 0 Å². The Morgan fingerprint density at radius 2 is 1.88 bits per heavy atom. The minimum absolute atomic E-state index is 0.582. The molecule has 1 aromatic carbocycles. The molecular weight excluding hydrogens is 336 g/mol. The molecular formula is C18H17ClN6. The van der Waals surface area contributed by atoms with Crippen molar-refractivity contribution in [1.29, 1.82) is 5.26 Å². The highest BCUT2D eigenvalue weighted by molar-refractivity contribution is 6.33. The van der Waals surface area contributed by atoms with Gasteiger partial charge in [0.25, 0.3) is 0 Å². The van der Waals surface area contributed by atoms with Crippen LogP contribution in [-0.4, -0.2) is 41.1 Å². The molecule has 0 aliphatic carbocycles. The van der Waals surface area contributed by atoms with E-state index in [-0.39, 0.29) is 0 Å². The summed E-state index contributed by atoms with van der Waals surface area (Å²) in [5.41, 5.74) is 2.43. The standard InChI is InChI=1S/C18H17ClN6/c1-12-22-17-14(4-5-21-17)18(23-12)25-8-6-24(7-9-25)16-3-2-13(11-20)10-15(16)19/h2-5,10H,6-9H2,1H3,(H,21,22,23). The van der Waals surface area contributed by atoms with Gasteiger partial charge in [0.2, 0.25) is 0 Å². The summed E-state index contributed by atoms with van der Waals surface area (Å²) in [6.07, 6.45) is 1.90. The van der Waals surface area contributed by atoms with Gasteiger partial charge in [-0.15, -0.1) is 0 Å². The Labute approximate surface area is 150 Å². The number of aromatic amines is 1. The summed E-state index contributed by atoms with van der Waals surface area (Å²) in [7, 11) is 0. The van der Waals surface area contributed by atoms with Crippen LogP contribution < -0.4 is 9.80 Å². The van der Waals surface area contributed by atoms with Crippen molar-refractivity contribution in [2.24, 2.45) is 0 Å². The van der Waals surface area contributed by atoms with Crippen molar-refractivity contribution >= 4 is 34.1 Å². The van der Waals surface area contributed by atoms with E-state index in [1.54, 1.807) is 6.07 Å². The molecule has 7 heteroatoms. The molecule has 1 aliphatic rings. The Kier molecular flexibility index (Phi) is 3.94. The summed E-state index contributed by atoms with van der Waals surface area (Å²) >= 11 is 6.35. The topological polar surface area (TPSA) is 71.8 Å². The molecule has 0 spiro atoms. The van der Waals surface area contributed by atoms with Crippen LogP contribution in [0.1, 0.15) is 11.4 Å². The SMILES string of the molecule is Cc1nc(N2CCN(c3ccc(C#N)cc3Cl)CC2)c2cc[nH]c2n1. The van der Waals surface area contributed by atoms with Gasteiger partial charge in [-0.25, -0.2) is 9.97 Å². The van der Waals surface area contributed by atoms with Crippen LogP contribution in [-0.2, 0) is 0 Å². The number of aryl methyl sites for hydroxylation is 1. The summed E-state index contributed by atoms with van der Waals surface area (Å²) in [5, 5.41) is 10.6. The third kappa shape index (κ3) is 2.87. The number of nitriles is 1. The van der Waals surface area contributed by atoms with E-state index in [1.807, 2.05) is 31.3 Å². The van der Waals surface area contributed by atoms with Crippen LogP contribution >= 0.6 is 11.6 Å². The number of piperazine rings is 1. The van der Waals surface area contributed by atoms with E-state index in [0.717, 1.165) is 54.5 Å². The fourth-order valence-electron chi connectivity index (χ4n) is 3.27. The summed E-state index contributed by atoms with van der Waals surface area (Å²) in [6, 6.07) is 9.60. The van der Waals surface area contributed by atoms with Gasteiger partial charge >= 0.3 is 0 Å². The number of H-pyrrole nitrogens is 1. The lowest BCUT2D eigenvalue weighted by molar-refractivity contribution is 0.648. The van der Waals surface area contributed by atoms with Crippen LogP contribution in [0.4, 0.5) is 11.5 Å². The normalized spacial score (nSPS) is 14.8. The number of aromatic nitrogens is 3. The van der Waals surface area contributed by atoms with Crippen molar-refractivity contribution in [3.63, 3.8) is 0 Å². The highest BCUT2D eigenvalue weighted by Crippen LogP contribution is 2.29. The number of hydrogen-bond donors (Lipinski definition) is 1. The van der Waals surface area contributed by atoms with Gasteiger partial charge in [-0.3, -0.25) is 0 Å². The minimum Gasteiger partial charge on any atom is -0.367 e. The molecule has 1 N–H and O–H groups in total. The molecule has 4 rings (SSSR count). The molecule has 0 radical (unpaired) electrons. The summed E-state index contributed by atoms with van der Waals surface area (Å²) < 4.78 is 0. The van der Waals surface area contributed by atoms with Gasteiger partial charge < -0.3 is 14.8 Å². The number of fused-ring (bicyclic) bond motifs is 1. The van der Waals surface area contributed by atoms with Crippen molar-refractivity contribution in [3.8, 4) is 6.07 Å². The fourth-order valence-corrected chi connectivity index (χ4v) is 3.57. The lowest BCUT2D eigenvalue weighted by Crippen LogP contribution is -2.47. The third-order valence-electron chi connectivity index (χ3n) is 4.50. The predicted octanol–water partition coefficient (Wildman–Crippen LogP) is 3.12. The average Bonchev–Trinajstić information content (AvgIpc) is 3.09. The van der Waals surface area contributed by atoms with Crippen LogP contribution in [0.25, 0.3) is 11.0 Å². The van der Waals surface area contributed by atoms with Crippen molar-refractivity contribution in [1.82, 2.24) is 15.0 Å². The van der Waals surface area contributed by atoms with Gasteiger partial charge in [-0.1, -0.05) is 11.6 Å². The minimum atomic E-state index is 0.582. The lowest BCUT2D eigenvalue weighted by Gasteiger charge is -2.37. The largest absolute Gasteiger partial charge is 0.367 e. The zero-order chi connectivity index (χ0) is 17.4. The molecule has 0 unspecified atom stereocenters. The molecule has 25 heavy (non-hydrogen) atoms. The van der Waals surface area contributed by atoms with Crippen molar-refractivity contribution in [3.05, 3.63) is 46.9 Å². The Morgan fingerprint density at radius 1 is 1.12 bits per heavy atom. The predicted molar refractivity (Wildman–Crippen MR) is 99.2 cm³/mol.